The third-order valence-electron chi connectivity index (χ3n) is 6.03. The van der Waals surface area contributed by atoms with Gasteiger partial charge in [0.15, 0.2) is 5.13 Å². The Bertz CT molecular complexity index is 1590. The zero-order chi connectivity index (χ0) is 24.5. The summed E-state index contributed by atoms with van der Waals surface area (Å²) in [5.74, 6) is 0.504. The number of aromatic nitrogens is 1. The zero-order valence-corrected chi connectivity index (χ0v) is 21.0. The summed E-state index contributed by atoms with van der Waals surface area (Å²) in [5, 5.41) is 8.67. The molecule has 5 aromatic rings. The molecule has 0 radical (unpaired) electrons. The summed E-state index contributed by atoms with van der Waals surface area (Å²) in [5.41, 5.74) is 6.37. The third-order valence-corrected chi connectivity index (χ3v) is 6.91. The SMILES string of the molecule is CCOc1c(/C(C)=C/C(=O)Nc2nc(C)cs2)cc2c(-c3cccc4ccccc34)coc2c1C. The molecular formula is C29H26N2O3S. The number of fused-ring (bicyclic) bond motifs is 2. The zero-order valence-electron chi connectivity index (χ0n) is 20.1. The second-order valence-corrected chi connectivity index (χ2v) is 9.33. The topological polar surface area (TPSA) is 64.4 Å². The lowest BCUT2D eigenvalue weighted by molar-refractivity contribution is -0.111. The molecule has 35 heavy (non-hydrogen) atoms. The molecule has 0 saturated heterocycles. The van der Waals surface area contributed by atoms with E-state index in [0.29, 0.717) is 11.7 Å². The Kier molecular flexibility index (Phi) is 6.14. The number of hydrogen-bond donors (Lipinski definition) is 1. The molecule has 0 fully saturated rings. The maximum absolute atomic E-state index is 12.7. The summed E-state index contributed by atoms with van der Waals surface area (Å²) in [6.45, 7) is 8.28. The molecule has 0 bridgehead atoms. The highest BCUT2D eigenvalue weighted by molar-refractivity contribution is 7.13. The molecule has 3 aromatic carbocycles. The summed E-state index contributed by atoms with van der Waals surface area (Å²) in [6.07, 6.45) is 3.41. The predicted molar refractivity (Wildman–Crippen MR) is 144 cm³/mol. The molecule has 0 atom stereocenters. The van der Waals surface area contributed by atoms with Gasteiger partial charge in [-0.15, -0.1) is 11.3 Å². The normalized spacial score (nSPS) is 11.8. The van der Waals surface area contributed by atoms with Crippen LogP contribution in [0.25, 0.3) is 38.4 Å². The monoisotopic (exact) mass is 482 g/mol. The van der Waals surface area contributed by atoms with Gasteiger partial charge in [-0.1, -0.05) is 42.5 Å². The second kappa shape index (κ2) is 9.39. The molecule has 0 saturated carbocycles. The van der Waals surface area contributed by atoms with E-state index in [1.54, 1.807) is 6.08 Å². The lowest BCUT2D eigenvalue weighted by Crippen LogP contribution is -2.08. The number of anilines is 1. The predicted octanol–water partition coefficient (Wildman–Crippen LogP) is 7.77. The van der Waals surface area contributed by atoms with Gasteiger partial charge in [-0.05, 0) is 55.7 Å². The van der Waals surface area contributed by atoms with Gasteiger partial charge >= 0.3 is 0 Å². The molecule has 0 aliphatic heterocycles. The van der Waals surface area contributed by atoms with Crippen LogP contribution in [0.2, 0.25) is 0 Å². The Morgan fingerprint density at radius 1 is 1.11 bits per heavy atom. The fourth-order valence-electron chi connectivity index (χ4n) is 4.44. The van der Waals surface area contributed by atoms with Crippen molar-refractivity contribution in [3.8, 4) is 16.9 Å². The number of allylic oxidation sites excluding steroid dienone is 1. The van der Waals surface area contributed by atoms with Crippen LogP contribution in [0.4, 0.5) is 5.13 Å². The van der Waals surface area contributed by atoms with Gasteiger partial charge < -0.3 is 9.15 Å². The van der Waals surface area contributed by atoms with Gasteiger partial charge in [0.1, 0.15) is 11.3 Å². The first kappa shape index (κ1) is 22.9. The Hall–Kier alpha value is -3.90. The van der Waals surface area contributed by atoms with Crippen molar-refractivity contribution in [2.75, 3.05) is 11.9 Å². The minimum absolute atomic E-state index is 0.224. The fourth-order valence-corrected chi connectivity index (χ4v) is 5.13. The Balaban J connectivity index is 1.64. The van der Waals surface area contributed by atoms with Crippen molar-refractivity contribution in [3.05, 3.63) is 83.1 Å². The molecule has 2 aromatic heterocycles. The van der Waals surface area contributed by atoms with Gasteiger partial charge in [0.2, 0.25) is 5.91 Å². The van der Waals surface area contributed by atoms with Crippen molar-refractivity contribution in [3.63, 3.8) is 0 Å². The molecule has 0 aliphatic rings. The van der Waals surface area contributed by atoms with E-state index in [-0.39, 0.29) is 5.91 Å². The second-order valence-electron chi connectivity index (χ2n) is 8.47. The van der Waals surface area contributed by atoms with Gasteiger partial charge in [-0.3, -0.25) is 10.1 Å². The summed E-state index contributed by atoms with van der Waals surface area (Å²) in [7, 11) is 0. The van der Waals surface area contributed by atoms with E-state index in [9.17, 15) is 4.79 Å². The van der Waals surface area contributed by atoms with Crippen LogP contribution in [0.3, 0.4) is 0 Å². The summed E-state index contributed by atoms with van der Waals surface area (Å²) in [4.78, 5) is 17.0. The lowest BCUT2D eigenvalue weighted by Gasteiger charge is -2.15. The first-order valence-electron chi connectivity index (χ1n) is 11.5. The number of carbonyl (C=O) groups excluding carboxylic acids is 1. The van der Waals surface area contributed by atoms with E-state index < -0.39 is 0 Å². The van der Waals surface area contributed by atoms with Crippen LogP contribution in [-0.4, -0.2) is 17.5 Å². The molecule has 5 nitrogen and oxygen atoms in total. The Morgan fingerprint density at radius 2 is 1.91 bits per heavy atom. The highest BCUT2D eigenvalue weighted by Gasteiger charge is 2.20. The highest BCUT2D eigenvalue weighted by Crippen LogP contribution is 2.42. The largest absolute Gasteiger partial charge is 0.493 e. The van der Waals surface area contributed by atoms with Crippen molar-refractivity contribution >= 4 is 49.7 Å². The smallest absolute Gasteiger partial charge is 0.250 e. The fraction of sp³-hybridized carbons (Fsp3) is 0.172. The van der Waals surface area contributed by atoms with E-state index in [0.717, 1.165) is 55.6 Å². The van der Waals surface area contributed by atoms with Crippen LogP contribution in [-0.2, 0) is 4.79 Å². The average Bonchev–Trinajstić information content (AvgIpc) is 3.46. The molecule has 1 N–H and O–H groups in total. The van der Waals surface area contributed by atoms with Crippen molar-refractivity contribution in [2.24, 2.45) is 0 Å². The Morgan fingerprint density at radius 3 is 2.69 bits per heavy atom. The van der Waals surface area contributed by atoms with Gasteiger partial charge in [0.05, 0.1) is 18.6 Å². The molecule has 176 valence electrons. The molecule has 0 spiro atoms. The molecule has 0 aliphatic carbocycles. The van der Waals surface area contributed by atoms with E-state index >= 15 is 0 Å². The number of nitrogens with zero attached hydrogens (tertiary/aromatic N) is 1. The van der Waals surface area contributed by atoms with Crippen LogP contribution in [0.5, 0.6) is 5.75 Å². The number of furan rings is 1. The molecule has 1 amide bonds. The highest BCUT2D eigenvalue weighted by atomic mass is 32.1. The molecule has 2 heterocycles. The first-order chi connectivity index (χ1) is 17.0. The molecule has 5 rings (SSSR count). The van der Waals surface area contributed by atoms with Crippen LogP contribution >= 0.6 is 11.3 Å². The van der Waals surface area contributed by atoms with Gasteiger partial charge in [-0.25, -0.2) is 4.98 Å². The van der Waals surface area contributed by atoms with E-state index in [2.05, 4.69) is 46.7 Å². The van der Waals surface area contributed by atoms with Crippen LogP contribution < -0.4 is 10.1 Å². The first-order valence-corrected chi connectivity index (χ1v) is 12.4. The van der Waals surface area contributed by atoms with E-state index in [1.807, 2.05) is 51.5 Å². The van der Waals surface area contributed by atoms with Crippen LogP contribution in [0.1, 0.15) is 30.7 Å². The van der Waals surface area contributed by atoms with Crippen LogP contribution in [0.15, 0.2) is 70.7 Å². The van der Waals surface area contributed by atoms with E-state index in [4.69, 9.17) is 9.15 Å². The summed E-state index contributed by atoms with van der Waals surface area (Å²) >= 11 is 1.41. The number of nitrogens with one attached hydrogen (secondary N) is 1. The minimum Gasteiger partial charge on any atom is -0.493 e. The van der Waals surface area contributed by atoms with Crippen molar-refractivity contribution < 1.29 is 13.9 Å². The minimum atomic E-state index is -0.224. The van der Waals surface area contributed by atoms with Crippen LogP contribution in [0, 0.1) is 13.8 Å². The number of amides is 1. The number of aryl methyl sites for hydroxylation is 2. The summed E-state index contributed by atoms with van der Waals surface area (Å²) < 4.78 is 12.1. The van der Waals surface area contributed by atoms with Gasteiger partial charge in [-0.2, -0.15) is 0 Å². The molecule has 0 unspecified atom stereocenters. The maximum Gasteiger partial charge on any atom is 0.250 e. The third kappa shape index (κ3) is 4.33. The van der Waals surface area contributed by atoms with Crippen molar-refractivity contribution in [1.82, 2.24) is 4.98 Å². The van der Waals surface area contributed by atoms with Gasteiger partial charge in [0, 0.05) is 33.5 Å². The van der Waals surface area contributed by atoms with Crippen molar-refractivity contribution in [1.29, 1.82) is 0 Å². The number of thiazole rings is 1. The standard InChI is InChI=1S/C29H26N2O3S/c1-5-33-27-19(4)28-24(14-23(27)17(2)13-26(32)31-29-30-18(3)16-35-29)25(15-34-28)22-12-8-10-20-9-6-7-11-21(20)22/h6-16H,5H2,1-4H3,(H,30,31,32)/b17-13+. The molecule has 6 heteroatoms. The summed E-state index contributed by atoms with van der Waals surface area (Å²) in [6, 6.07) is 16.7. The lowest BCUT2D eigenvalue weighted by atomic mass is 9.94. The van der Waals surface area contributed by atoms with Crippen molar-refractivity contribution in [2.45, 2.75) is 27.7 Å². The Labute approximate surface area is 208 Å². The molecular weight excluding hydrogens is 456 g/mol. The number of benzene rings is 3. The number of rotatable bonds is 6. The number of ether oxygens (including phenoxy) is 1. The maximum atomic E-state index is 12.7. The van der Waals surface area contributed by atoms with Gasteiger partial charge in [0.25, 0.3) is 0 Å². The quantitative estimate of drug-likeness (QED) is 0.251. The average molecular weight is 483 g/mol. The number of hydrogen-bond acceptors (Lipinski definition) is 5. The van der Waals surface area contributed by atoms with E-state index in [1.165, 1.54) is 16.7 Å². The number of carbonyl (C=O) groups is 1.